The van der Waals surface area contributed by atoms with Crippen LogP contribution in [0.3, 0.4) is 0 Å². The lowest BCUT2D eigenvalue weighted by Gasteiger charge is -2.54. The van der Waals surface area contributed by atoms with Crippen LogP contribution in [-0.4, -0.2) is 144 Å². The van der Waals surface area contributed by atoms with Crippen molar-refractivity contribution in [3.63, 3.8) is 0 Å². The van der Waals surface area contributed by atoms with E-state index in [-0.39, 0.29) is 69.7 Å². The van der Waals surface area contributed by atoms with Gasteiger partial charge in [0, 0.05) is 44.3 Å². The maximum atomic E-state index is 14.3. The molecular weight excluding hydrogens is 1220 g/mol. The standard InChI is InChI=1S/C32H37ClF3N7O5.C27H29ClF3N7O3/c1-5-22-26(40-12-13-41(24-9-8-23(24)40)30(46)48-31(2,3)4)28(45)43-29(38-27(39-43)18-10-14-47-15-11-18)42(22)17-25(44)37-21-7-6-19(16-20(21)33)32(34,35)36;1-2-20-23(36-10-9-32-19-5-6-21(19)36)25(40)38-26(34-24(35-38)15-7-11-41-12-8-15)37(20)14-22(39)33-18-4-3-16(13-17(18)28)27(29,30)31/h6-7,10,16,23-24H,5,8-9,11-15,17H2,1-4H3,(H,37,44);3-4,7,13,19,21,32H,2,5-6,8-12,14H2,1H3,(H,33,39)/t23-,24+;19-,21+/m10/s1. The molecule has 0 unspecified atom stereocenters. The van der Waals surface area contributed by atoms with Gasteiger partial charge >= 0.3 is 18.4 Å². The molecular formula is C59H66Cl2F6N14O8. The Morgan fingerprint density at radius 3 is 1.53 bits per heavy atom. The fourth-order valence-electron chi connectivity index (χ4n) is 12.3. The predicted molar refractivity (Wildman–Crippen MR) is 319 cm³/mol. The van der Waals surface area contributed by atoms with E-state index in [1.54, 1.807) is 14.0 Å². The van der Waals surface area contributed by atoms with Crippen LogP contribution in [0.25, 0.3) is 22.7 Å². The summed E-state index contributed by atoms with van der Waals surface area (Å²) in [5, 5.41) is 17.4. The van der Waals surface area contributed by atoms with Gasteiger partial charge in [-0.2, -0.15) is 45.3 Å². The zero-order valence-electron chi connectivity index (χ0n) is 49.4. The Morgan fingerprint density at radius 1 is 0.663 bits per heavy atom. The minimum atomic E-state index is -4.59. The highest BCUT2D eigenvalue weighted by molar-refractivity contribution is 6.34. The summed E-state index contributed by atoms with van der Waals surface area (Å²) in [5.41, 5.74) is 0.562. The van der Waals surface area contributed by atoms with Crippen molar-refractivity contribution in [2.24, 2.45) is 0 Å². The number of anilines is 4. The zero-order chi connectivity index (χ0) is 63.4. The van der Waals surface area contributed by atoms with Gasteiger partial charge < -0.3 is 54.0 Å². The number of aromatic nitrogens is 8. The highest BCUT2D eigenvalue weighted by atomic mass is 35.5. The molecule has 2 saturated carbocycles. The fourth-order valence-corrected chi connectivity index (χ4v) is 12.7. The third-order valence-electron chi connectivity index (χ3n) is 16.8. The molecule has 89 heavy (non-hydrogen) atoms. The molecule has 2 aromatic carbocycles. The van der Waals surface area contributed by atoms with Crippen LogP contribution >= 0.6 is 23.2 Å². The van der Waals surface area contributed by atoms with Crippen LogP contribution in [0.4, 0.5) is 53.9 Å². The molecule has 0 radical (unpaired) electrons. The molecule has 0 spiro atoms. The minimum Gasteiger partial charge on any atom is -0.444 e. The number of ether oxygens (including phenoxy) is 3. The first-order valence-corrected chi connectivity index (χ1v) is 30.3. The van der Waals surface area contributed by atoms with Crippen LogP contribution in [0.5, 0.6) is 0 Å². The van der Waals surface area contributed by atoms with Crippen molar-refractivity contribution in [3.8, 4) is 0 Å². The van der Waals surface area contributed by atoms with Crippen LogP contribution in [0.2, 0.25) is 10.0 Å². The van der Waals surface area contributed by atoms with Crippen molar-refractivity contribution in [2.45, 2.75) is 141 Å². The van der Waals surface area contributed by atoms with Gasteiger partial charge in [-0.05, 0) is 120 Å². The third-order valence-corrected chi connectivity index (χ3v) is 17.4. The molecule has 4 aromatic heterocycles. The monoisotopic (exact) mass is 1280 g/mol. The molecule has 6 aliphatic rings. The molecule has 22 nitrogen and oxygen atoms in total. The third kappa shape index (κ3) is 12.8. The largest absolute Gasteiger partial charge is 0.444 e. The molecule has 476 valence electrons. The first kappa shape index (κ1) is 63.1. The molecule has 2 aliphatic carbocycles. The van der Waals surface area contributed by atoms with E-state index in [0.29, 0.717) is 112 Å². The van der Waals surface area contributed by atoms with Gasteiger partial charge in [0.1, 0.15) is 30.1 Å². The van der Waals surface area contributed by atoms with Crippen LogP contribution in [0.1, 0.15) is 107 Å². The maximum Gasteiger partial charge on any atom is 0.416 e. The average molecular weight is 1280 g/mol. The van der Waals surface area contributed by atoms with Crippen molar-refractivity contribution in [1.82, 2.24) is 48.5 Å². The molecule has 3 amide bonds. The lowest BCUT2D eigenvalue weighted by molar-refractivity contribution is -0.138. The van der Waals surface area contributed by atoms with Crippen molar-refractivity contribution >= 4 is 86.6 Å². The molecule has 4 atom stereocenters. The number of hydrogen-bond acceptors (Lipinski definition) is 15. The van der Waals surface area contributed by atoms with E-state index in [4.69, 9.17) is 42.4 Å². The number of carbonyl (C=O) groups is 3. The maximum absolute atomic E-state index is 14.3. The number of fused-ring (bicyclic) bond motifs is 4. The second-order valence-electron chi connectivity index (χ2n) is 23.4. The van der Waals surface area contributed by atoms with E-state index in [1.807, 2.05) is 51.7 Å². The van der Waals surface area contributed by atoms with Crippen molar-refractivity contribution in [1.29, 1.82) is 0 Å². The summed E-state index contributed by atoms with van der Waals surface area (Å²) in [6, 6.07) is 5.59. The summed E-state index contributed by atoms with van der Waals surface area (Å²) in [7, 11) is 0. The van der Waals surface area contributed by atoms with Gasteiger partial charge in [0.05, 0.1) is 76.4 Å². The van der Waals surface area contributed by atoms with Crippen LogP contribution in [0, 0.1) is 0 Å². The molecule has 0 bridgehead atoms. The Balaban J connectivity index is 0.000000186. The summed E-state index contributed by atoms with van der Waals surface area (Å²) < 4.78 is 101. The van der Waals surface area contributed by atoms with Crippen molar-refractivity contribution in [2.75, 3.05) is 73.0 Å². The average Bonchev–Trinajstić information content (AvgIpc) is 1.74. The van der Waals surface area contributed by atoms with E-state index >= 15 is 0 Å². The first-order chi connectivity index (χ1) is 42.3. The van der Waals surface area contributed by atoms with Gasteiger partial charge in [-0.15, -0.1) is 10.2 Å². The molecule has 30 heteroatoms. The van der Waals surface area contributed by atoms with E-state index in [0.717, 1.165) is 79.8 Å². The first-order valence-electron chi connectivity index (χ1n) is 29.5. The number of nitrogens with one attached hydrogen (secondary N) is 3. The number of nitrogens with zero attached hydrogens (tertiary/aromatic N) is 11. The Bertz CT molecular complexity index is 3950. The Morgan fingerprint density at radius 2 is 1.13 bits per heavy atom. The van der Waals surface area contributed by atoms with Gasteiger partial charge in [-0.25, -0.2) is 4.79 Å². The van der Waals surface area contributed by atoms with Crippen molar-refractivity contribution in [3.05, 3.63) is 113 Å². The van der Waals surface area contributed by atoms with Crippen LogP contribution in [-0.2, 0) is 62.1 Å². The van der Waals surface area contributed by atoms with Crippen LogP contribution < -0.4 is 36.9 Å². The molecule has 3 N–H and O–H groups in total. The summed E-state index contributed by atoms with van der Waals surface area (Å²) in [4.78, 5) is 83.5. The topological polar surface area (TPSA) is 229 Å². The number of piperazine rings is 2. The molecule has 4 fully saturated rings. The number of rotatable bonds is 12. The fraction of sp³-hybridized carbons (Fsp3) is 0.508. The van der Waals surface area contributed by atoms with E-state index in [2.05, 4.69) is 36.0 Å². The normalized spacial score (nSPS) is 20.3. The van der Waals surface area contributed by atoms with Gasteiger partial charge in [-0.3, -0.25) is 19.2 Å². The quantitative estimate of drug-likeness (QED) is 0.0974. The number of hydrogen-bond donors (Lipinski definition) is 3. The number of amides is 3. The molecule has 2 saturated heterocycles. The highest BCUT2D eigenvalue weighted by Crippen LogP contribution is 2.40. The minimum absolute atomic E-state index is 0.00935. The Labute approximate surface area is 515 Å². The number of alkyl halides is 6. The number of benzene rings is 2. The molecule has 8 heterocycles. The SMILES string of the molecule is CCc1c(N2CCN(C(=O)OC(C)(C)C)[C@H]3CC[C@H]32)c(=O)n2nc(C3=CCOCC3)nc2n1CC(=O)Nc1ccc(C(F)(F)F)cc1Cl.CCc1c(N2CCN[C@H]3CC[C@H]32)c(=O)n2nc(C3=CCOCC3)nc2n1CC(=O)Nc1ccc(C(F)(F)F)cc1Cl. The second kappa shape index (κ2) is 25.0. The van der Waals surface area contributed by atoms with Crippen LogP contribution in [0.15, 0.2) is 58.1 Å². The van der Waals surface area contributed by atoms with Gasteiger partial charge in [-0.1, -0.05) is 49.2 Å². The summed E-state index contributed by atoms with van der Waals surface area (Å²) in [6.07, 6.45) is -0.443. The lowest BCUT2D eigenvalue weighted by Crippen LogP contribution is -2.67. The predicted octanol–water partition coefficient (Wildman–Crippen LogP) is 8.66. The molecule has 4 aliphatic heterocycles. The van der Waals surface area contributed by atoms with Gasteiger partial charge in [0.25, 0.3) is 11.1 Å². The van der Waals surface area contributed by atoms with E-state index in [9.17, 15) is 50.3 Å². The second-order valence-corrected chi connectivity index (χ2v) is 24.3. The number of halogens is 8. The van der Waals surface area contributed by atoms with E-state index < -0.39 is 52.5 Å². The summed E-state index contributed by atoms with van der Waals surface area (Å²) >= 11 is 12.2. The van der Waals surface area contributed by atoms with Crippen molar-refractivity contribution < 1.29 is 54.9 Å². The van der Waals surface area contributed by atoms with Gasteiger partial charge in [0.2, 0.25) is 23.4 Å². The summed E-state index contributed by atoms with van der Waals surface area (Å²) in [5.74, 6) is -0.0261. The van der Waals surface area contributed by atoms with E-state index in [1.165, 1.54) is 9.03 Å². The molecule has 6 aromatic rings. The highest BCUT2D eigenvalue weighted by Gasteiger charge is 2.48. The zero-order valence-corrected chi connectivity index (χ0v) is 50.9. The Kier molecular flexibility index (Phi) is 17.7. The number of carbonyl (C=O) groups excluding carboxylic acids is 3. The molecule has 12 rings (SSSR count). The Hall–Kier alpha value is -7.53. The smallest absolute Gasteiger partial charge is 0.416 e. The summed E-state index contributed by atoms with van der Waals surface area (Å²) in [6.45, 7) is 12.5. The lowest BCUT2D eigenvalue weighted by atomic mass is 9.81. The van der Waals surface area contributed by atoms with Gasteiger partial charge in [0.15, 0.2) is 11.6 Å².